The minimum absolute atomic E-state index is 0.673. The van der Waals surface area contributed by atoms with E-state index in [4.69, 9.17) is 0 Å². The molecule has 0 bridgehead atoms. The Labute approximate surface area is 98.4 Å². The molecule has 0 amide bonds. The number of aryl methyl sites for hydroxylation is 1. The minimum atomic E-state index is 0.673. The molecule has 0 saturated heterocycles. The predicted octanol–water partition coefficient (Wildman–Crippen LogP) is 3.53. The van der Waals surface area contributed by atoms with Crippen LogP contribution >= 0.6 is 15.9 Å². The normalized spacial score (nSPS) is 11.5. The second kappa shape index (κ2) is 3.97. The molecule has 0 aliphatic carbocycles. The molecular weight excluding hydrogens is 252 g/mol. The first-order valence-corrected chi connectivity index (χ1v) is 5.97. The lowest BCUT2D eigenvalue weighted by Gasteiger charge is -2.06. The lowest BCUT2D eigenvalue weighted by Crippen LogP contribution is -2.00. The van der Waals surface area contributed by atoms with E-state index in [0.29, 0.717) is 5.92 Å². The summed E-state index contributed by atoms with van der Waals surface area (Å²) in [7, 11) is 2.10. The number of fused-ring (bicyclic) bond motifs is 1. The van der Waals surface area contributed by atoms with Crippen LogP contribution in [0.5, 0.6) is 0 Å². The van der Waals surface area contributed by atoms with Gasteiger partial charge < -0.3 is 4.57 Å². The molecule has 2 nitrogen and oxygen atoms in total. The summed E-state index contributed by atoms with van der Waals surface area (Å²) in [6, 6.07) is 4.17. The van der Waals surface area contributed by atoms with Gasteiger partial charge in [-0.3, -0.25) is 4.98 Å². The lowest BCUT2D eigenvalue weighted by atomic mass is 10.1. The molecular formula is C12H15BrN2. The van der Waals surface area contributed by atoms with Crippen molar-refractivity contribution in [3.63, 3.8) is 0 Å². The van der Waals surface area contributed by atoms with Crippen molar-refractivity contribution in [2.45, 2.75) is 20.3 Å². The van der Waals surface area contributed by atoms with E-state index >= 15 is 0 Å². The first-order valence-electron chi connectivity index (χ1n) is 5.18. The quantitative estimate of drug-likeness (QED) is 0.813. The Balaban J connectivity index is 2.59. The second-order valence-corrected chi connectivity index (χ2v) is 5.17. The van der Waals surface area contributed by atoms with Gasteiger partial charge in [-0.15, -0.1) is 0 Å². The van der Waals surface area contributed by atoms with Gasteiger partial charge in [0.05, 0.1) is 11.0 Å². The first-order chi connectivity index (χ1) is 7.09. The largest absolute Gasteiger partial charge is 0.345 e. The van der Waals surface area contributed by atoms with Crippen LogP contribution in [0.1, 0.15) is 19.5 Å². The molecule has 0 aliphatic heterocycles. The van der Waals surface area contributed by atoms with Crippen LogP contribution in [0.2, 0.25) is 0 Å². The Bertz CT molecular complexity index is 486. The lowest BCUT2D eigenvalue weighted by molar-refractivity contribution is 0.619. The topological polar surface area (TPSA) is 17.8 Å². The molecule has 0 aromatic carbocycles. The van der Waals surface area contributed by atoms with Crippen molar-refractivity contribution in [1.82, 2.24) is 9.55 Å². The molecule has 0 fully saturated rings. The summed E-state index contributed by atoms with van der Waals surface area (Å²) in [6.07, 6.45) is 2.94. The van der Waals surface area contributed by atoms with Gasteiger partial charge in [-0.25, -0.2) is 0 Å². The van der Waals surface area contributed by atoms with Crippen LogP contribution in [0.25, 0.3) is 11.0 Å². The molecule has 0 spiro atoms. The molecule has 0 N–H and O–H groups in total. The summed E-state index contributed by atoms with van der Waals surface area (Å²) in [5.74, 6) is 0.673. The highest BCUT2D eigenvalue weighted by atomic mass is 79.9. The van der Waals surface area contributed by atoms with Crippen LogP contribution < -0.4 is 0 Å². The molecule has 0 aliphatic rings. The average molecular weight is 267 g/mol. The number of hydrogen-bond donors (Lipinski definition) is 0. The SMILES string of the molecule is CC(C)Cc1cc2nccc(Br)c2n1C. The van der Waals surface area contributed by atoms with Gasteiger partial charge >= 0.3 is 0 Å². The summed E-state index contributed by atoms with van der Waals surface area (Å²) in [5, 5.41) is 0. The molecule has 2 heterocycles. The van der Waals surface area contributed by atoms with E-state index in [-0.39, 0.29) is 0 Å². The van der Waals surface area contributed by atoms with E-state index in [0.717, 1.165) is 16.4 Å². The van der Waals surface area contributed by atoms with Crippen molar-refractivity contribution in [1.29, 1.82) is 0 Å². The molecule has 15 heavy (non-hydrogen) atoms. The van der Waals surface area contributed by atoms with Gasteiger partial charge in [-0.05, 0) is 40.4 Å². The van der Waals surface area contributed by atoms with Crippen LogP contribution in [0.4, 0.5) is 0 Å². The highest BCUT2D eigenvalue weighted by Crippen LogP contribution is 2.25. The maximum Gasteiger partial charge on any atom is 0.0895 e. The Morgan fingerprint density at radius 1 is 1.47 bits per heavy atom. The zero-order valence-corrected chi connectivity index (χ0v) is 10.9. The van der Waals surface area contributed by atoms with Crippen molar-refractivity contribution >= 4 is 27.0 Å². The minimum Gasteiger partial charge on any atom is -0.345 e. The molecule has 80 valence electrons. The zero-order valence-electron chi connectivity index (χ0n) is 9.29. The number of halogens is 1. The molecule has 2 aromatic heterocycles. The highest BCUT2D eigenvalue weighted by Gasteiger charge is 2.10. The second-order valence-electron chi connectivity index (χ2n) is 4.32. The third kappa shape index (κ3) is 1.93. The van der Waals surface area contributed by atoms with E-state index in [9.17, 15) is 0 Å². The average Bonchev–Trinajstić information content (AvgIpc) is 2.44. The van der Waals surface area contributed by atoms with Crippen molar-refractivity contribution < 1.29 is 0 Å². The smallest absolute Gasteiger partial charge is 0.0895 e. The summed E-state index contributed by atoms with van der Waals surface area (Å²) in [5.41, 5.74) is 3.61. The Kier molecular flexibility index (Phi) is 2.83. The molecule has 2 aromatic rings. The van der Waals surface area contributed by atoms with E-state index in [1.54, 1.807) is 0 Å². The summed E-state index contributed by atoms with van der Waals surface area (Å²) in [6.45, 7) is 4.47. The maximum atomic E-state index is 4.38. The summed E-state index contributed by atoms with van der Waals surface area (Å²) < 4.78 is 3.34. The van der Waals surface area contributed by atoms with Crippen LogP contribution in [0.3, 0.4) is 0 Å². The van der Waals surface area contributed by atoms with E-state index < -0.39 is 0 Å². The van der Waals surface area contributed by atoms with Gasteiger partial charge in [0.2, 0.25) is 0 Å². The van der Waals surface area contributed by atoms with Gasteiger partial charge in [0.1, 0.15) is 0 Å². The van der Waals surface area contributed by atoms with E-state index in [1.807, 2.05) is 12.3 Å². The van der Waals surface area contributed by atoms with Crippen molar-refractivity contribution in [2.75, 3.05) is 0 Å². The van der Waals surface area contributed by atoms with Gasteiger partial charge in [0.15, 0.2) is 0 Å². The van der Waals surface area contributed by atoms with Crippen LogP contribution in [0.15, 0.2) is 22.8 Å². The van der Waals surface area contributed by atoms with Gasteiger partial charge in [0.25, 0.3) is 0 Å². The van der Waals surface area contributed by atoms with Gasteiger partial charge in [-0.1, -0.05) is 13.8 Å². The van der Waals surface area contributed by atoms with Gasteiger partial charge in [0, 0.05) is 23.4 Å². The Morgan fingerprint density at radius 3 is 2.80 bits per heavy atom. The number of aromatic nitrogens is 2. The molecule has 2 rings (SSSR count). The number of pyridine rings is 1. The number of rotatable bonds is 2. The fourth-order valence-corrected chi connectivity index (χ4v) is 2.48. The molecule has 0 saturated carbocycles. The Morgan fingerprint density at radius 2 is 2.20 bits per heavy atom. The number of hydrogen-bond acceptors (Lipinski definition) is 1. The monoisotopic (exact) mass is 266 g/mol. The Hall–Kier alpha value is -0.830. The van der Waals surface area contributed by atoms with Crippen LogP contribution in [-0.2, 0) is 13.5 Å². The van der Waals surface area contributed by atoms with Crippen LogP contribution in [-0.4, -0.2) is 9.55 Å². The van der Waals surface area contributed by atoms with Crippen molar-refractivity contribution in [2.24, 2.45) is 13.0 Å². The molecule has 0 atom stereocenters. The molecule has 3 heteroatoms. The summed E-state index contributed by atoms with van der Waals surface area (Å²) in [4.78, 5) is 4.38. The zero-order chi connectivity index (χ0) is 11.0. The third-order valence-corrected chi connectivity index (χ3v) is 3.23. The van der Waals surface area contributed by atoms with E-state index in [1.165, 1.54) is 11.2 Å². The standard InChI is InChI=1S/C12H15BrN2/c1-8(2)6-9-7-11-12(15(9)3)10(13)4-5-14-11/h4-5,7-8H,6H2,1-3H3. The fourth-order valence-electron chi connectivity index (χ4n) is 1.90. The predicted molar refractivity (Wildman–Crippen MR) is 67.0 cm³/mol. The highest BCUT2D eigenvalue weighted by molar-refractivity contribution is 9.10. The van der Waals surface area contributed by atoms with E-state index in [2.05, 4.69) is 52.4 Å². The fraction of sp³-hybridized carbons (Fsp3) is 0.417. The maximum absolute atomic E-state index is 4.38. The first kappa shape index (κ1) is 10.7. The van der Waals surface area contributed by atoms with Crippen LogP contribution in [0, 0.1) is 5.92 Å². The van der Waals surface area contributed by atoms with Crippen molar-refractivity contribution in [3.05, 3.63) is 28.5 Å². The van der Waals surface area contributed by atoms with Gasteiger partial charge in [-0.2, -0.15) is 0 Å². The molecule has 0 unspecified atom stereocenters. The molecule has 0 radical (unpaired) electrons. The van der Waals surface area contributed by atoms with Crippen molar-refractivity contribution in [3.8, 4) is 0 Å². The number of nitrogens with zero attached hydrogens (tertiary/aromatic N) is 2. The summed E-state index contributed by atoms with van der Waals surface area (Å²) >= 11 is 3.57. The third-order valence-electron chi connectivity index (χ3n) is 2.59.